The molecule has 4 rings (SSSR count). The van der Waals surface area contributed by atoms with Crippen molar-refractivity contribution >= 4 is 35.5 Å². The van der Waals surface area contributed by atoms with E-state index in [0.717, 1.165) is 17.4 Å². The molecule has 4 atom stereocenters. The van der Waals surface area contributed by atoms with Crippen LogP contribution in [0.3, 0.4) is 0 Å². The third-order valence-corrected chi connectivity index (χ3v) is 6.40. The minimum atomic E-state index is -1.33. The lowest BCUT2D eigenvalue weighted by Crippen LogP contribution is -2.50. The first-order valence-electron chi connectivity index (χ1n) is 12.2. The van der Waals surface area contributed by atoms with E-state index < -0.39 is 31.1 Å². The molecule has 200 valence electrons. The number of carbonyl (C=O) groups excluding carboxylic acids is 2. The molecule has 2 aromatic rings. The van der Waals surface area contributed by atoms with E-state index in [1.165, 1.54) is 5.01 Å². The Labute approximate surface area is 214 Å². The minimum absolute atomic E-state index is 0.0342. The predicted octanol–water partition coefficient (Wildman–Crippen LogP) is -0.691. The van der Waals surface area contributed by atoms with Gasteiger partial charge in [0.1, 0.15) is 37.0 Å². The molecule has 0 bridgehead atoms. The van der Waals surface area contributed by atoms with Gasteiger partial charge in [0.2, 0.25) is 11.9 Å². The summed E-state index contributed by atoms with van der Waals surface area (Å²) in [6, 6.07) is 8.02. The van der Waals surface area contributed by atoms with Crippen molar-refractivity contribution in [2.24, 2.45) is 0 Å². The van der Waals surface area contributed by atoms with Crippen molar-refractivity contribution in [2.45, 2.75) is 57.1 Å². The Hall–Kier alpha value is -3.52. The molecule has 2 unspecified atom stereocenters. The molecule has 1 aromatic heterocycles. The number of anilines is 4. The average Bonchev–Trinajstić information content (AvgIpc) is 3.40. The van der Waals surface area contributed by atoms with Gasteiger partial charge < -0.3 is 40.8 Å². The van der Waals surface area contributed by atoms with Gasteiger partial charge in [-0.15, -0.1) is 0 Å². The number of hydrogen-bond donors (Lipinski definition) is 6. The van der Waals surface area contributed by atoms with Crippen LogP contribution in [-0.2, 0) is 27.2 Å². The first kappa shape index (κ1) is 26.5. The van der Waals surface area contributed by atoms with Gasteiger partial charge in [-0.3, -0.25) is 15.2 Å². The molecule has 2 aliphatic heterocycles. The highest BCUT2D eigenvalue weighted by Crippen LogP contribution is 2.41. The first-order chi connectivity index (χ1) is 17.9. The maximum absolute atomic E-state index is 12.1. The molecule has 13 nitrogen and oxygen atoms in total. The fourth-order valence-electron chi connectivity index (χ4n) is 4.36. The zero-order valence-corrected chi connectivity index (χ0v) is 20.6. The number of aliphatic hydroxyl groups is 3. The summed E-state index contributed by atoms with van der Waals surface area (Å²) in [5, 5.41) is 35.0. The number of nitrogens with one attached hydrogen (secondary N) is 2. The van der Waals surface area contributed by atoms with Crippen LogP contribution < -0.4 is 26.4 Å². The smallest absolute Gasteiger partial charge is 0.238 e. The zero-order chi connectivity index (χ0) is 26.5. The summed E-state index contributed by atoms with van der Waals surface area (Å²) in [6.45, 7) is 1.78. The maximum atomic E-state index is 12.1. The van der Waals surface area contributed by atoms with Gasteiger partial charge in [-0.05, 0) is 24.0 Å². The highest BCUT2D eigenvalue weighted by molar-refractivity contribution is 5.86. The van der Waals surface area contributed by atoms with Crippen LogP contribution in [0.25, 0.3) is 0 Å². The first-order valence-corrected chi connectivity index (χ1v) is 12.2. The number of hydrazine groups is 1. The van der Waals surface area contributed by atoms with Crippen LogP contribution in [0.1, 0.15) is 30.9 Å². The second-order valence-corrected chi connectivity index (χ2v) is 8.96. The Morgan fingerprint density at radius 1 is 1.19 bits per heavy atom. The molecule has 7 N–H and O–H groups in total. The fourth-order valence-corrected chi connectivity index (χ4v) is 4.36. The number of nitrogens with two attached hydrogens (primary N) is 1. The second kappa shape index (κ2) is 11.7. The number of rotatable bonds is 11. The van der Waals surface area contributed by atoms with E-state index in [1.807, 2.05) is 24.3 Å². The summed E-state index contributed by atoms with van der Waals surface area (Å²) in [5.41, 5.74) is 11.5. The van der Waals surface area contributed by atoms with Crippen molar-refractivity contribution in [1.29, 1.82) is 0 Å². The molecular weight excluding hydrogens is 482 g/mol. The number of benzene rings is 1. The van der Waals surface area contributed by atoms with Gasteiger partial charge in [-0.1, -0.05) is 31.2 Å². The van der Waals surface area contributed by atoms with Gasteiger partial charge in [-0.25, -0.2) is 0 Å². The molecule has 1 aromatic carbocycles. The summed E-state index contributed by atoms with van der Waals surface area (Å²) in [4.78, 5) is 33.2. The number of aldehydes is 1. The average molecular weight is 516 g/mol. The lowest BCUT2D eigenvalue weighted by Gasteiger charge is -2.28. The Kier molecular flexibility index (Phi) is 8.38. The SMILES string of the molecule is CCC(=O)NN1CN([C@@H]2O[C@H](CO)C(O)C2O)c2nc(NCCc3ccc(CCC=O)cc3)nc(N)c21. The molecule has 1 amide bonds. The fraction of sp³-hybridized carbons (Fsp3) is 0.500. The Balaban J connectivity index is 1.51. The Bertz CT molecular complexity index is 1100. The molecular formula is C24H33N7O6. The van der Waals surface area contributed by atoms with Crippen LogP contribution in [0, 0.1) is 0 Å². The number of carbonyl (C=O) groups is 2. The lowest BCUT2D eigenvalue weighted by molar-refractivity contribution is -0.121. The summed E-state index contributed by atoms with van der Waals surface area (Å²) >= 11 is 0. The number of hydrogen-bond acceptors (Lipinski definition) is 12. The molecule has 0 aliphatic carbocycles. The number of aliphatic hydroxyl groups excluding tert-OH is 3. The van der Waals surface area contributed by atoms with E-state index in [2.05, 4.69) is 20.7 Å². The van der Waals surface area contributed by atoms with Crippen molar-refractivity contribution in [3.8, 4) is 0 Å². The third kappa shape index (κ3) is 5.74. The largest absolute Gasteiger partial charge is 0.394 e. The second-order valence-electron chi connectivity index (χ2n) is 8.96. The van der Waals surface area contributed by atoms with E-state index >= 15 is 0 Å². The van der Waals surface area contributed by atoms with Crippen molar-refractivity contribution < 1.29 is 29.6 Å². The molecule has 2 aliphatic rings. The van der Waals surface area contributed by atoms with E-state index in [4.69, 9.17) is 10.5 Å². The predicted molar refractivity (Wildman–Crippen MR) is 135 cm³/mol. The maximum Gasteiger partial charge on any atom is 0.238 e. The van der Waals surface area contributed by atoms with Crippen LogP contribution in [0.4, 0.5) is 23.3 Å². The standard InChI is InChI=1S/C24H33N7O6/c1-2-17(34)29-31-13-30(23-20(36)19(35)16(12-33)37-23)22-18(31)21(25)27-24(28-22)26-10-9-15-7-5-14(6-8-15)4-3-11-32/h5-8,11,16,19-20,23,33,35-36H,2-4,9-10,12-13H2,1H3,(H,29,34)(H3,25,26,27,28)/t16-,19?,20?,23-/m1/s1. The van der Waals surface area contributed by atoms with Gasteiger partial charge in [0.25, 0.3) is 0 Å². The van der Waals surface area contributed by atoms with Crippen LogP contribution in [0.15, 0.2) is 24.3 Å². The van der Waals surface area contributed by atoms with Crippen LogP contribution in [-0.4, -0.2) is 81.8 Å². The van der Waals surface area contributed by atoms with Crippen molar-refractivity contribution in [3.63, 3.8) is 0 Å². The monoisotopic (exact) mass is 515 g/mol. The number of nitrogen functional groups attached to an aromatic ring is 1. The quantitative estimate of drug-likeness (QED) is 0.207. The Morgan fingerprint density at radius 3 is 2.51 bits per heavy atom. The van der Waals surface area contributed by atoms with E-state index in [9.17, 15) is 24.9 Å². The van der Waals surface area contributed by atoms with Gasteiger partial charge in [-0.2, -0.15) is 9.97 Å². The summed E-state index contributed by atoms with van der Waals surface area (Å²) < 4.78 is 5.70. The Morgan fingerprint density at radius 2 is 1.89 bits per heavy atom. The van der Waals surface area contributed by atoms with E-state index in [0.29, 0.717) is 37.3 Å². The summed E-state index contributed by atoms with van der Waals surface area (Å²) in [7, 11) is 0. The van der Waals surface area contributed by atoms with Crippen LogP contribution in [0.5, 0.6) is 0 Å². The molecule has 0 spiro atoms. The number of ether oxygens (including phenoxy) is 1. The van der Waals surface area contributed by atoms with Crippen molar-refractivity contribution in [3.05, 3.63) is 35.4 Å². The van der Waals surface area contributed by atoms with E-state index in [-0.39, 0.29) is 30.8 Å². The summed E-state index contributed by atoms with van der Waals surface area (Å²) in [6.07, 6.45) is -1.58. The number of aromatic nitrogens is 2. The van der Waals surface area contributed by atoms with Gasteiger partial charge in [0.05, 0.1) is 6.61 Å². The molecule has 0 radical (unpaired) electrons. The zero-order valence-electron chi connectivity index (χ0n) is 20.6. The topological polar surface area (TPSA) is 186 Å². The highest BCUT2D eigenvalue weighted by atomic mass is 16.6. The number of amides is 1. The molecule has 3 heterocycles. The minimum Gasteiger partial charge on any atom is -0.394 e. The van der Waals surface area contributed by atoms with Crippen molar-refractivity contribution in [2.75, 3.05) is 40.8 Å². The van der Waals surface area contributed by atoms with Gasteiger partial charge in [0, 0.05) is 19.4 Å². The normalized spacial score (nSPS) is 22.7. The lowest BCUT2D eigenvalue weighted by atomic mass is 10.1. The van der Waals surface area contributed by atoms with Gasteiger partial charge >= 0.3 is 0 Å². The number of nitrogens with zero attached hydrogens (tertiary/aromatic N) is 4. The summed E-state index contributed by atoms with van der Waals surface area (Å²) in [5.74, 6) is 0.408. The number of aryl methyl sites for hydroxylation is 1. The van der Waals surface area contributed by atoms with E-state index in [1.54, 1.807) is 11.8 Å². The molecule has 37 heavy (non-hydrogen) atoms. The number of fused-ring (bicyclic) bond motifs is 1. The third-order valence-electron chi connectivity index (χ3n) is 6.40. The van der Waals surface area contributed by atoms with Crippen molar-refractivity contribution in [1.82, 2.24) is 15.4 Å². The molecule has 1 saturated heterocycles. The highest BCUT2D eigenvalue weighted by Gasteiger charge is 2.49. The molecule has 0 saturated carbocycles. The van der Waals surface area contributed by atoms with Crippen LogP contribution >= 0.6 is 0 Å². The molecule has 13 heteroatoms. The van der Waals surface area contributed by atoms with Crippen LogP contribution in [0.2, 0.25) is 0 Å². The van der Waals surface area contributed by atoms with Gasteiger partial charge in [0.15, 0.2) is 17.9 Å². The molecule has 1 fully saturated rings.